The van der Waals surface area contributed by atoms with Gasteiger partial charge in [-0.2, -0.15) is 14.9 Å². The van der Waals surface area contributed by atoms with Gasteiger partial charge in [0.15, 0.2) is 0 Å². The van der Waals surface area contributed by atoms with Crippen LogP contribution in [0.3, 0.4) is 0 Å². The van der Waals surface area contributed by atoms with Crippen molar-refractivity contribution in [1.29, 1.82) is 0 Å². The van der Waals surface area contributed by atoms with Gasteiger partial charge >= 0.3 is 0 Å². The summed E-state index contributed by atoms with van der Waals surface area (Å²) in [7, 11) is 1.63. The Morgan fingerprint density at radius 1 is 1.30 bits per heavy atom. The highest BCUT2D eigenvalue weighted by molar-refractivity contribution is 7.20. The summed E-state index contributed by atoms with van der Waals surface area (Å²) < 4.78 is 9.55. The van der Waals surface area contributed by atoms with Crippen LogP contribution in [0.4, 0.5) is 5.82 Å². The van der Waals surface area contributed by atoms with E-state index in [4.69, 9.17) is 4.74 Å². The second-order valence-corrected chi connectivity index (χ2v) is 6.91. The van der Waals surface area contributed by atoms with Gasteiger partial charge in [-0.05, 0) is 38.1 Å². The first-order valence-electron chi connectivity index (χ1n) is 8.44. The van der Waals surface area contributed by atoms with Crippen molar-refractivity contribution in [2.75, 3.05) is 12.4 Å². The first kappa shape index (κ1) is 17.2. The molecule has 1 aromatic carbocycles. The molecule has 8 nitrogen and oxygen atoms in total. The van der Waals surface area contributed by atoms with Crippen molar-refractivity contribution in [1.82, 2.24) is 24.5 Å². The Kier molecular flexibility index (Phi) is 4.36. The lowest BCUT2D eigenvalue weighted by Crippen LogP contribution is -2.19. The van der Waals surface area contributed by atoms with Crippen LogP contribution in [-0.4, -0.2) is 37.6 Å². The number of aryl methyl sites for hydroxylation is 2. The summed E-state index contributed by atoms with van der Waals surface area (Å²) in [6, 6.07) is 9.22. The van der Waals surface area contributed by atoms with Crippen LogP contribution in [-0.2, 0) is 6.54 Å². The van der Waals surface area contributed by atoms with Crippen LogP contribution in [0, 0.1) is 6.92 Å². The number of methoxy groups -OCH3 is 1. The topological polar surface area (TPSA) is 86.9 Å². The highest BCUT2D eigenvalue weighted by Gasteiger charge is 2.17. The lowest BCUT2D eigenvalue weighted by atomic mass is 10.3. The zero-order chi connectivity index (χ0) is 19.0. The van der Waals surface area contributed by atoms with Crippen LogP contribution in [0.15, 0.2) is 36.5 Å². The maximum atomic E-state index is 12.7. The van der Waals surface area contributed by atoms with Crippen molar-refractivity contribution in [2.45, 2.75) is 20.4 Å². The molecule has 0 bridgehead atoms. The molecule has 0 saturated heterocycles. The highest BCUT2D eigenvalue weighted by Crippen LogP contribution is 2.30. The van der Waals surface area contributed by atoms with Crippen LogP contribution < -0.4 is 10.1 Å². The molecule has 0 fully saturated rings. The molecule has 0 aliphatic carbocycles. The van der Waals surface area contributed by atoms with Gasteiger partial charge < -0.3 is 10.1 Å². The fraction of sp³-hybridized carbons (Fsp3) is 0.222. The molecule has 27 heavy (non-hydrogen) atoms. The van der Waals surface area contributed by atoms with Gasteiger partial charge in [-0.25, -0.2) is 4.98 Å². The van der Waals surface area contributed by atoms with Crippen LogP contribution >= 0.6 is 11.3 Å². The minimum absolute atomic E-state index is 0.238. The summed E-state index contributed by atoms with van der Waals surface area (Å²) in [6.07, 6.45) is 1.61. The van der Waals surface area contributed by atoms with Gasteiger partial charge in [-0.1, -0.05) is 11.3 Å². The van der Waals surface area contributed by atoms with Gasteiger partial charge in [0.25, 0.3) is 5.91 Å². The van der Waals surface area contributed by atoms with Gasteiger partial charge in [0, 0.05) is 18.8 Å². The van der Waals surface area contributed by atoms with Crippen molar-refractivity contribution in [2.24, 2.45) is 0 Å². The zero-order valence-corrected chi connectivity index (χ0v) is 15.9. The Bertz CT molecular complexity index is 1130. The minimum atomic E-state index is -0.238. The number of fused-ring (bicyclic) bond motifs is 1. The second kappa shape index (κ2) is 6.84. The number of nitrogens with zero attached hydrogens (tertiary/aromatic N) is 5. The molecular weight excluding hydrogens is 364 g/mol. The maximum absolute atomic E-state index is 12.7. The largest absolute Gasteiger partial charge is 0.497 e. The summed E-state index contributed by atoms with van der Waals surface area (Å²) in [4.78, 5) is 17.3. The Labute approximate surface area is 159 Å². The Balaban J connectivity index is 1.70. The molecule has 4 aromatic rings. The summed E-state index contributed by atoms with van der Waals surface area (Å²) >= 11 is 1.48. The van der Waals surface area contributed by atoms with E-state index in [1.165, 1.54) is 11.3 Å². The zero-order valence-electron chi connectivity index (χ0n) is 15.1. The molecule has 138 valence electrons. The van der Waals surface area contributed by atoms with Gasteiger partial charge in [-0.15, -0.1) is 0 Å². The van der Waals surface area contributed by atoms with Crippen molar-refractivity contribution in [3.63, 3.8) is 0 Å². The number of ether oxygens (including phenoxy) is 1. The number of aromatic nitrogens is 5. The summed E-state index contributed by atoms with van der Waals surface area (Å²) in [5.74, 6) is 1.10. The molecule has 0 radical (unpaired) electrons. The monoisotopic (exact) mass is 382 g/mol. The van der Waals surface area contributed by atoms with Gasteiger partial charge in [0.2, 0.25) is 5.13 Å². The van der Waals surface area contributed by atoms with Crippen LogP contribution in [0.2, 0.25) is 0 Å². The predicted molar refractivity (Wildman–Crippen MR) is 104 cm³/mol. The first-order valence-corrected chi connectivity index (χ1v) is 9.25. The number of benzene rings is 1. The minimum Gasteiger partial charge on any atom is -0.497 e. The summed E-state index contributed by atoms with van der Waals surface area (Å²) in [5, 5.41) is 12.2. The smallest absolute Gasteiger partial charge is 0.275 e. The molecule has 0 saturated carbocycles. The van der Waals surface area contributed by atoms with Crippen molar-refractivity contribution in [3.05, 3.63) is 47.9 Å². The van der Waals surface area contributed by atoms with Crippen LogP contribution in [0.5, 0.6) is 5.75 Å². The SMILES string of the molecule is CCn1nccc1C(=O)Nc1cc(C)nn1-c1nc2ccc(OC)cc2s1. The molecule has 3 aromatic heterocycles. The average Bonchev–Trinajstić information content (AvgIpc) is 3.38. The van der Waals surface area contributed by atoms with E-state index in [0.29, 0.717) is 23.2 Å². The number of anilines is 1. The van der Waals surface area contributed by atoms with E-state index >= 15 is 0 Å². The molecule has 0 spiro atoms. The predicted octanol–water partition coefficient (Wildman–Crippen LogP) is 3.27. The molecule has 1 amide bonds. The second-order valence-electron chi connectivity index (χ2n) is 5.90. The van der Waals surface area contributed by atoms with E-state index < -0.39 is 0 Å². The number of nitrogens with one attached hydrogen (secondary N) is 1. The number of carbonyl (C=O) groups excluding carboxylic acids is 1. The van der Waals surface area contributed by atoms with Crippen LogP contribution in [0.25, 0.3) is 15.3 Å². The molecular formula is C18H18N6O2S. The maximum Gasteiger partial charge on any atom is 0.275 e. The number of hydrogen-bond acceptors (Lipinski definition) is 6. The van der Waals surface area contributed by atoms with E-state index in [9.17, 15) is 4.79 Å². The number of amides is 1. The van der Waals surface area contributed by atoms with E-state index in [1.807, 2.05) is 38.1 Å². The number of hydrogen-bond donors (Lipinski definition) is 1. The molecule has 0 unspecified atom stereocenters. The first-order chi connectivity index (χ1) is 13.1. The molecule has 1 N–H and O–H groups in total. The molecule has 9 heteroatoms. The summed E-state index contributed by atoms with van der Waals surface area (Å²) in [5.41, 5.74) is 2.13. The molecule has 0 aliphatic rings. The van der Waals surface area contributed by atoms with Gasteiger partial charge in [0.05, 0.1) is 23.0 Å². The molecule has 4 rings (SSSR count). The lowest BCUT2D eigenvalue weighted by molar-refractivity contribution is 0.101. The third kappa shape index (κ3) is 3.17. The quantitative estimate of drug-likeness (QED) is 0.572. The normalized spacial score (nSPS) is 11.1. The lowest BCUT2D eigenvalue weighted by Gasteiger charge is -2.07. The Morgan fingerprint density at radius 3 is 2.93 bits per heavy atom. The van der Waals surface area contributed by atoms with Crippen molar-refractivity contribution < 1.29 is 9.53 Å². The van der Waals surface area contributed by atoms with Crippen LogP contribution in [0.1, 0.15) is 23.1 Å². The van der Waals surface area contributed by atoms with Gasteiger partial charge in [0.1, 0.15) is 17.3 Å². The van der Waals surface area contributed by atoms with Crippen molar-refractivity contribution >= 4 is 33.3 Å². The Hall–Kier alpha value is -3.20. The molecule has 3 heterocycles. The van der Waals surface area contributed by atoms with E-state index in [1.54, 1.807) is 28.7 Å². The summed E-state index contributed by atoms with van der Waals surface area (Å²) in [6.45, 7) is 4.43. The molecule has 0 aliphatic heterocycles. The Morgan fingerprint density at radius 2 is 2.15 bits per heavy atom. The third-order valence-electron chi connectivity index (χ3n) is 4.09. The fourth-order valence-corrected chi connectivity index (χ4v) is 3.76. The molecule has 0 atom stereocenters. The van der Waals surface area contributed by atoms with E-state index in [2.05, 4.69) is 20.5 Å². The number of carbonyl (C=O) groups is 1. The number of thiazole rings is 1. The fourth-order valence-electron chi connectivity index (χ4n) is 2.80. The standard InChI is InChI=1S/C18H18N6O2S/c1-4-23-14(7-8-19-23)17(25)21-16-9-11(2)22-24(16)18-20-13-6-5-12(26-3)10-15(13)27-18/h5-10H,4H2,1-3H3,(H,21,25). The highest BCUT2D eigenvalue weighted by atomic mass is 32.1. The van der Waals surface area contributed by atoms with E-state index in [0.717, 1.165) is 21.7 Å². The van der Waals surface area contributed by atoms with Gasteiger partial charge in [-0.3, -0.25) is 9.48 Å². The average molecular weight is 382 g/mol. The van der Waals surface area contributed by atoms with Crippen molar-refractivity contribution in [3.8, 4) is 10.9 Å². The number of rotatable bonds is 5. The third-order valence-corrected chi connectivity index (χ3v) is 5.08. The van der Waals surface area contributed by atoms with E-state index in [-0.39, 0.29) is 5.91 Å².